The number of pyridine rings is 1. The Morgan fingerprint density at radius 2 is 2.19 bits per heavy atom. The summed E-state index contributed by atoms with van der Waals surface area (Å²) in [6.07, 6.45) is 2.66. The molecule has 0 saturated carbocycles. The van der Waals surface area contributed by atoms with E-state index in [2.05, 4.69) is 4.98 Å². The average Bonchev–Trinajstić information content (AvgIpc) is 2.42. The zero-order valence-corrected chi connectivity index (χ0v) is 9.14. The highest BCUT2D eigenvalue weighted by Crippen LogP contribution is 2.24. The van der Waals surface area contributed by atoms with Gasteiger partial charge in [0.1, 0.15) is 0 Å². The van der Waals surface area contributed by atoms with Crippen LogP contribution in [0.4, 0.5) is 4.79 Å². The molecule has 16 heavy (non-hydrogen) atoms. The molecule has 84 valence electrons. The van der Waals surface area contributed by atoms with Crippen molar-refractivity contribution in [1.29, 1.82) is 0 Å². The molecular formula is C11H12N2O3. The molecule has 2 heterocycles. The molecule has 0 spiro atoms. The van der Waals surface area contributed by atoms with E-state index in [-0.39, 0.29) is 12.5 Å². The van der Waals surface area contributed by atoms with Gasteiger partial charge < -0.3 is 4.74 Å². The van der Waals surface area contributed by atoms with Gasteiger partial charge in [-0.1, -0.05) is 6.07 Å². The number of amides is 2. The van der Waals surface area contributed by atoms with Gasteiger partial charge in [-0.3, -0.25) is 9.78 Å². The lowest BCUT2D eigenvalue weighted by Gasteiger charge is -2.13. The largest absolute Gasteiger partial charge is 0.433 e. The highest BCUT2D eigenvalue weighted by atomic mass is 16.6. The standard InChI is InChI=1S/C11H12N2O3/c1-11(2)9(14)13(10(15)16-11)7-8-4-3-5-12-6-8/h3-6H,7H2,1-2H3. The van der Waals surface area contributed by atoms with E-state index in [9.17, 15) is 9.59 Å². The van der Waals surface area contributed by atoms with Crippen LogP contribution in [0, 0.1) is 0 Å². The van der Waals surface area contributed by atoms with E-state index < -0.39 is 11.7 Å². The van der Waals surface area contributed by atoms with E-state index in [0.717, 1.165) is 10.5 Å². The molecule has 1 aliphatic heterocycles. The highest BCUT2D eigenvalue weighted by molar-refractivity contribution is 6.02. The highest BCUT2D eigenvalue weighted by Gasteiger charge is 2.46. The van der Waals surface area contributed by atoms with Crippen molar-refractivity contribution < 1.29 is 14.3 Å². The normalized spacial score (nSPS) is 18.8. The van der Waals surface area contributed by atoms with Crippen molar-refractivity contribution in [3.05, 3.63) is 30.1 Å². The fourth-order valence-corrected chi connectivity index (χ4v) is 1.54. The molecule has 5 nitrogen and oxygen atoms in total. The predicted octanol–water partition coefficient (Wildman–Crippen LogP) is 1.34. The molecule has 0 unspecified atom stereocenters. The van der Waals surface area contributed by atoms with Crippen molar-refractivity contribution in [2.24, 2.45) is 0 Å². The molecule has 0 aromatic carbocycles. The molecule has 5 heteroatoms. The zero-order valence-electron chi connectivity index (χ0n) is 9.14. The van der Waals surface area contributed by atoms with E-state index in [1.807, 2.05) is 0 Å². The van der Waals surface area contributed by atoms with E-state index >= 15 is 0 Å². The number of nitrogens with zero attached hydrogens (tertiary/aromatic N) is 2. The average molecular weight is 220 g/mol. The van der Waals surface area contributed by atoms with Gasteiger partial charge in [-0.15, -0.1) is 0 Å². The summed E-state index contributed by atoms with van der Waals surface area (Å²) in [7, 11) is 0. The smallest absolute Gasteiger partial charge is 0.418 e. The maximum atomic E-state index is 11.8. The molecule has 1 saturated heterocycles. The van der Waals surface area contributed by atoms with Crippen LogP contribution in [-0.4, -0.2) is 27.5 Å². The van der Waals surface area contributed by atoms with Gasteiger partial charge in [0.15, 0.2) is 5.60 Å². The SMILES string of the molecule is CC1(C)OC(=O)N(Cc2cccnc2)C1=O. The predicted molar refractivity (Wildman–Crippen MR) is 55.3 cm³/mol. The Kier molecular flexibility index (Phi) is 2.38. The van der Waals surface area contributed by atoms with Crippen LogP contribution in [-0.2, 0) is 16.1 Å². The van der Waals surface area contributed by atoms with Crippen molar-refractivity contribution in [1.82, 2.24) is 9.88 Å². The number of aromatic nitrogens is 1. The van der Waals surface area contributed by atoms with Crippen LogP contribution in [0.15, 0.2) is 24.5 Å². The Morgan fingerprint density at radius 3 is 2.69 bits per heavy atom. The van der Waals surface area contributed by atoms with Crippen LogP contribution >= 0.6 is 0 Å². The van der Waals surface area contributed by atoms with Crippen molar-refractivity contribution in [2.75, 3.05) is 0 Å². The lowest BCUT2D eigenvalue weighted by Crippen LogP contribution is -2.35. The molecule has 1 aliphatic rings. The fourth-order valence-electron chi connectivity index (χ4n) is 1.54. The van der Waals surface area contributed by atoms with Gasteiger partial charge in [-0.05, 0) is 25.5 Å². The molecule has 0 radical (unpaired) electrons. The van der Waals surface area contributed by atoms with Crippen LogP contribution < -0.4 is 0 Å². The first kappa shape index (κ1) is 10.6. The zero-order chi connectivity index (χ0) is 11.8. The first-order chi connectivity index (χ1) is 7.50. The number of cyclic esters (lactones) is 1. The number of hydrogen-bond acceptors (Lipinski definition) is 4. The van der Waals surface area contributed by atoms with Gasteiger partial charge in [-0.25, -0.2) is 9.69 Å². The van der Waals surface area contributed by atoms with Crippen LogP contribution in [0.5, 0.6) is 0 Å². The third-order valence-corrected chi connectivity index (χ3v) is 2.39. The van der Waals surface area contributed by atoms with Crippen molar-refractivity contribution in [3.63, 3.8) is 0 Å². The van der Waals surface area contributed by atoms with Crippen LogP contribution in [0.25, 0.3) is 0 Å². The topological polar surface area (TPSA) is 59.5 Å². The van der Waals surface area contributed by atoms with Crippen LogP contribution in [0.1, 0.15) is 19.4 Å². The summed E-state index contributed by atoms with van der Waals surface area (Å²) in [5.74, 6) is -0.318. The summed E-state index contributed by atoms with van der Waals surface area (Å²) < 4.78 is 4.96. The second kappa shape index (κ2) is 3.59. The lowest BCUT2D eigenvalue weighted by atomic mass is 10.1. The minimum atomic E-state index is -1.06. The van der Waals surface area contributed by atoms with Gasteiger partial charge in [0, 0.05) is 12.4 Å². The number of imide groups is 1. The Hall–Kier alpha value is -1.91. The Morgan fingerprint density at radius 1 is 1.44 bits per heavy atom. The monoisotopic (exact) mass is 220 g/mol. The third-order valence-electron chi connectivity index (χ3n) is 2.39. The number of hydrogen-bond donors (Lipinski definition) is 0. The Balaban J connectivity index is 2.18. The molecular weight excluding hydrogens is 208 g/mol. The lowest BCUT2D eigenvalue weighted by molar-refractivity contribution is -0.134. The Bertz CT molecular complexity index is 428. The van der Waals surface area contributed by atoms with Crippen molar-refractivity contribution in [3.8, 4) is 0 Å². The van der Waals surface area contributed by atoms with Gasteiger partial charge in [0.2, 0.25) is 0 Å². The summed E-state index contributed by atoms with van der Waals surface area (Å²) in [5, 5.41) is 0. The summed E-state index contributed by atoms with van der Waals surface area (Å²) in [4.78, 5) is 28.3. The maximum Gasteiger partial charge on any atom is 0.418 e. The summed E-state index contributed by atoms with van der Waals surface area (Å²) in [5.41, 5.74) is -0.259. The Labute approximate surface area is 93.0 Å². The van der Waals surface area contributed by atoms with Crippen molar-refractivity contribution >= 4 is 12.0 Å². The molecule has 0 aliphatic carbocycles. The third kappa shape index (κ3) is 1.76. The van der Waals surface area contributed by atoms with E-state index in [4.69, 9.17) is 4.74 Å². The second-order valence-corrected chi connectivity index (χ2v) is 4.13. The molecule has 1 fully saturated rings. The molecule has 0 atom stereocenters. The number of ether oxygens (including phenoxy) is 1. The number of carbonyl (C=O) groups is 2. The molecule has 0 bridgehead atoms. The van der Waals surface area contributed by atoms with E-state index in [1.165, 1.54) is 0 Å². The van der Waals surface area contributed by atoms with Gasteiger partial charge in [0.25, 0.3) is 5.91 Å². The fraction of sp³-hybridized carbons (Fsp3) is 0.364. The molecule has 2 amide bonds. The molecule has 2 rings (SSSR count). The van der Waals surface area contributed by atoms with Crippen LogP contribution in [0.3, 0.4) is 0 Å². The minimum absolute atomic E-state index is 0.203. The number of carbonyl (C=O) groups excluding carboxylic acids is 2. The first-order valence-electron chi connectivity index (χ1n) is 4.94. The van der Waals surface area contributed by atoms with Gasteiger partial charge in [0.05, 0.1) is 6.54 Å². The maximum absolute atomic E-state index is 11.8. The van der Waals surface area contributed by atoms with E-state index in [1.54, 1.807) is 38.4 Å². The molecule has 1 aromatic heterocycles. The minimum Gasteiger partial charge on any atom is -0.433 e. The number of rotatable bonds is 2. The first-order valence-corrected chi connectivity index (χ1v) is 4.94. The molecule has 0 N–H and O–H groups in total. The van der Waals surface area contributed by atoms with Gasteiger partial charge in [-0.2, -0.15) is 0 Å². The van der Waals surface area contributed by atoms with Crippen molar-refractivity contribution in [2.45, 2.75) is 26.0 Å². The quantitative estimate of drug-likeness (QED) is 0.754. The van der Waals surface area contributed by atoms with E-state index in [0.29, 0.717) is 0 Å². The summed E-state index contributed by atoms with van der Waals surface area (Å²) >= 11 is 0. The summed E-state index contributed by atoms with van der Waals surface area (Å²) in [6, 6.07) is 3.56. The molecule has 1 aromatic rings. The van der Waals surface area contributed by atoms with Crippen LogP contribution in [0.2, 0.25) is 0 Å². The summed E-state index contributed by atoms with van der Waals surface area (Å²) in [6.45, 7) is 3.36. The van der Waals surface area contributed by atoms with Gasteiger partial charge >= 0.3 is 6.09 Å². The second-order valence-electron chi connectivity index (χ2n) is 4.13.